The molecule has 4 heteroatoms. The van der Waals surface area contributed by atoms with Gasteiger partial charge in [0.05, 0.1) is 12.8 Å². The lowest BCUT2D eigenvalue weighted by atomic mass is 10.4. The van der Waals surface area contributed by atoms with Crippen molar-refractivity contribution in [1.82, 2.24) is 9.88 Å². The lowest BCUT2D eigenvalue weighted by Gasteiger charge is -2.17. The highest BCUT2D eigenvalue weighted by Crippen LogP contribution is 2.04. The Hall–Kier alpha value is -1.71. The van der Waals surface area contributed by atoms with Gasteiger partial charge in [0, 0.05) is 24.2 Å². The molecule has 0 aliphatic heterocycles. The van der Waals surface area contributed by atoms with Gasteiger partial charge in [0.2, 0.25) is 0 Å². The Morgan fingerprint density at radius 1 is 1.50 bits per heavy atom. The van der Waals surface area contributed by atoms with E-state index >= 15 is 0 Å². The van der Waals surface area contributed by atoms with Crippen molar-refractivity contribution in [2.24, 2.45) is 0 Å². The second-order valence-corrected chi connectivity index (χ2v) is 3.53. The number of hydrogen-bond donors (Lipinski definition) is 1. The Morgan fingerprint density at radius 3 is 2.69 bits per heavy atom. The van der Waals surface area contributed by atoms with Crippen molar-refractivity contribution >= 4 is 5.97 Å². The number of nitrogens with one attached hydrogen (secondary N) is 1. The molecule has 0 aliphatic rings. The molecule has 0 radical (unpaired) electrons. The normalized spacial score (nSPS) is 13.3. The van der Waals surface area contributed by atoms with Gasteiger partial charge in [-0.2, -0.15) is 0 Å². The van der Waals surface area contributed by atoms with E-state index < -0.39 is 0 Å². The van der Waals surface area contributed by atoms with Crippen LogP contribution in [-0.4, -0.2) is 17.1 Å². The van der Waals surface area contributed by atoms with Gasteiger partial charge >= 0.3 is 5.97 Å². The number of hydrogen-bond acceptors (Lipinski definition) is 3. The smallest absolute Gasteiger partial charge is 0.332 e. The first-order valence-corrected chi connectivity index (χ1v) is 5.37. The minimum absolute atomic E-state index is 0.112. The number of ether oxygens (including phenoxy) is 1. The first-order valence-electron chi connectivity index (χ1n) is 5.37. The SMILES string of the molecule is CCOC(=O)/C=C(/C)NC(C)n1cccc1. The van der Waals surface area contributed by atoms with Gasteiger partial charge in [-0.15, -0.1) is 0 Å². The molecule has 1 aromatic rings. The average molecular weight is 222 g/mol. The van der Waals surface area contributed by atoms with Crippen LogP contribution in [0, 0.1) is 0 Å². The van der Waals surface area contributed by atoms with Gasteiger partial charge in [-0.25, -0.2) is 4.79 Å². The number of esters is 1. The Labute approximate surface area is 95.9 Å². The lowest BCUT2D eigenvalue weighted by Crippen LogP contribution is -2.22. The molecular formula is C12H18N2O2. The molecule has 0 saturated heterocycles. The van der Waals surface area contributed by atoms with E-state index in [0.29, 0.717) is 6.61 Å². The summed E-state index contributed by atoms with van der Waals surface area (Å²) in [6, 6.07) is 3.92. The van der Waals surface area contributed by atoms with Crippen molar-refractivity contribution in [2.45, 2.75) is 26.9 Å². The van der Waals surface area contributed by atoms with Crippen LogP contribution in [0.5, 0.6) is 0 Å². The molecule has 1 N–H and O–H groups in total. The van der Waals surface area contributed by atoms with Crippen LogP contribution in [-0.2, 0) is 9.53 Å². The van der Waals surface area contributed by atoms with E-state index in [1.54, 1.807) is 6.92 Å². The molecule has 1 unspecified atom stereocenters. The summed E-state index contributed by atoms with van der Waals surface area (Å²) < 4.78 is 6.84. The van der Waals surface area contributed by atoms with Gasteiger partial charge < -0.3 is 14.6 Å². The van der Waals surface area contributed by atoms with Crippen LogP contribution in [0.15, 0.2) is 36.3 Å². The molecule has 0 spiro atoms. The van der Waals surface area contributed by atoms with E-state index in [1.807, 2.05) is 42.9 Å². The number of carbonyl (C=O) groups is 1. The molecule has 0 saturated carbocycles. The largest absolute Gasteiger partial charge is 0.463 e. The quantitative estimate of drug-likeness (QED) is 0.612. The zero-order valence-electron chi connectivity index (χ0n) is 9.93. The minimum Gasteiger partial charge on any atom is -0.463 e. The fourth-order valence-electron chi connectivity index (χ4n) is 1.41. The summed E-state index contributed by atoms with van der Waals surface area (Å²) in [5, 5.41) is 3.19. The summed E-state index contributed by atoms with van der Waals surface area (Å²) >= 11 is 0. The molecular weight excluding hydrogens is 204 g/mol. The first-order chi connectivity index (χ1) is 7.63. The van der Waals surface area contributed by atoms with E-state index in [1.165, 1.54) is 6.08 Å². The third-order valence-electron chi connectivity index (χ3n) is 2.13. The van der Waals surface area contributed by atoms with Gasteiger partial charge in [-0.3, -0.25) is 0 Å². The number of aromatic nitrogens is 1. The third-order valence-corrected chi connectivity index (χ3v) is 2.13. The molecule has 0 fully saturated rings. The first kappa shape index (κ1) is 12.4. The van der Waals surface area contributed by atoms with Crippen molar-refractivity contribution in [1.29, 1.82) is 0 Å². The number of nitrogens with zero attached hydrogens (tertiary/aromatic N) is 1. The van der Waals surface area contributed by atoms with E-state index in [0.717, 1.165) is 5.70 Å². The number of allylic oxidation sites excluding steroid dienone is 1. The third kappa shape index (κ3) is 3.81. The standard InChI is InChI=1S/C12H18N2O2/c1-4-16-12(15)9-10(2)13-11(3)14-7-5-6-8-14/h5-9,11,13H,4H2,1-3H3/b10-9-. The van der Waals surface area contributed by atoms with E-state index in [-0.39, 0.29) is 12.1 Å². The summed E-state index contributed by atoms with van der Waals surface area (Å²) in [5.74, 6) is -0.313. The summed E-state index contributed by atoms with van der Waals surface area (Å²) in [5.41, 5.74) is 0.791. The molecule has 88 valence electrons. The van der Waals surface area contributed by atoms with Gasteiger partial charge in [0.25, 0.3) is 0 Å². The highest BCUT2D eigenvalue weighted by Gasteiger charge is 2.03. The van der Waals surface area contributed by atoms with E-state index in [4.69, 9.17) is 4.74 Å². The van der Waals surface area contributed by atoms with Crippen molar-refractivity contribution in [2.75, 3.05) is 6.61 Å². The van der Waals surface area contributed by atoms with Crippen LogP contribution in [0.1, 0.15) is 26.9 Å². The Bertz CT molecular complexity index is 355. The van der Waals surface area contributed by atoms with Crippen LogP contribution < -0.4 is 5.32 Å². The van der Waals surface area contributed by atoms with E-state index in [2.05, 4.69) is 5.32 Å². The summed E-state index contributed by atoms with van der Waals surface area (Å²) in [6.07, 6.45) is 5.51. The Kier molecular flexibility index (Phi) is 4.64. The van der Waals surface area contributed by atoms with Crippen LogP contribution in [0.25, 0.3) is 0 Å². The molecule has 16 heavy (non-hydrogen) atoms. The maximum absolute atomic E-state index is 11.2. The summed E-state index contributed by atoms with van der Waals surface area (Å²) in [6.45, 7) is 6.05. The summed E-state index contributed by atoms with van der Waals surface area (Å²) in [7, 11) is 0. The number of carbonyl (C=O) groups excluding carboxylic acids is 1. The Morgan fingerprint density at radius 2 is 2.12 bits per heavy atom. The second-order valence-electron chi connectivity index (χ2n) is 3.53. The molecule has 1 aromatic heterocycles. The fourth-order valence-corrected chi connectivity index (χ4v) is 1.41. The van der Waals surface area contributed by atoms with Crippen molar-refractivity contribution < 1.29 is 9.53 Å². The van der Waals surface area contributed by atoms with Crippen LogP contribution in [0.2, 0.25) is 0 Å². The maximum Gasteiger partial charge on any atom is 0.332 e. The van der Waals surface area contributed by atoms with Crippen LogP contribution in [0.4, 0.5) is 0 Å². The topological polar surface area (TPSA) is 43.3 Å². The Balaban J connectivity index is 2.51. The molecule has 0 aromatic carbocycles. The van der Waals surface area contributed by atoms with Crippen LogP contribution in [0.3, 0.4) is 0 Å². The molecule has 1 atom stereocenters. The zero-order chi connectivity index (χ0) is 12.0. The highest BCUT2D eigenvalue weighted by atomic mass is 16.5. The van der Waals surface area contributed by atoms with Crippen molar-refractivity contribution in [3.63, 3.8) is 0 Å². The van der Waals surface area contributed by atoms with Gasteiger partial charge in [0.1, 0.15) is 0 Å². The molecule has 0 aliphatic carbocycles. The zero-order valence-corrected chi connectivity index (χ0v) is 9.93. The molecule has 0 amide bonds. The highest BCUT2D eigenvalue weighted by molar-refractivity contribution is 5.82. The average Bonchev–Trinajstić information content (AvgIpc) is 2.69. The molecule has 4 nitrogen and oxygen atoms in total. The molecule has 1 heterocycles. The molecule has 0 bridgehead atoms. The predicted octanol–water partition coefficient (Wildman–Crippen LogP) is 2.06. The van der Waals surface area contributed by atoms with Gasteiger partial charge in [-0.1, -0.05) is 0 Å². The maximum atomic E-state index is 11.2. The monoisotopic (exact) mass is 222 g/mol. The van der Waals surface area contributed by atoms with Crippen LogP contribution >= 0.6 is 0 Å². The van der Waals surface area contributed by atoms with Crippen molar-refractivity contribution in [3.8, 4) is 0 Å². The lowest BCUT2D eigenvalue weighted by molar-refractivity contribution is -0.137. The minimum atomic E-state index is -0.313. The van der Waals surface area contributed by atoms with E-state index in [9.17, 15) is 4.79 Å². The van der Waals surface area contributed by atoms with Gasteiger partial charge in [0.15, 0.2) is 0 Å². The predicted molar refractivity (Wildman–Crippen MR) is 62.7 cm³/mol. The fraction of sp³-hybridized carbons (Fsp3) is 0.417. The van der Waals surface area contributed by atoms with Gasteiger partial charge in [-0.05, 0) is 32.9 Å². The second kappa shape index (κ2) is 6.00. The number of rotatable bonds is 5. The molecule has 1 rings (SSSR count). The van der Waals surface area contributed by atoms with Crippen molar-refractivity contribution in [3.05, 3.63) is 36.3 Å². The summed E-state index contributed by atoms with van der Waals surface area (Å²) in [4.78, 5) is 11.2.